The van der Waals surface area contributed by atoms with Crippen LogP contribution in [0, 0.1) is 5.92 Å². The highest BCUT2D eigenvalue weighted by atomic mass is 16.5. The van der Waals surface area contributed by atoms with Crippen molar-refractivity contribution >= 4 is 11.6 Å². The number of nitrogens with one attached hydrogen (secondary N) is 2. The van der Waals surface area contributed by atoms with Crippen LogP contribution in [0.25, 0.3) is 0 Å². The van der Waals surface area contributed by atoms with E-state index in [1.165, 1.54) is 0 Å². The molecule has 5 nitrogen and oxygen atoms in total. The quantitative estimate of drug-likeness (QED) is 0.907. The number of nitrogens with zero attached hydrogens (tertiary/aromatic N) is 1. The topological polar surface area (TPSA) is 63.2 Å². The van der Waals surface area contributed by atoms with E-state index < -0.39 is 0 Å². The van der Waals surface area contributed by atoms with E-state index in [1.54, 1.807) is 12.4 Å². The summed E-state index contributed by atoms with van der Waals surface area (Å²) in [7, 11) is 0. The monoisotopic (exact) mass is 313 g/mol. The van der Waals surface area contributed by atoms with Gasteiger partial charge < -0.3 is 15.4 Å². The van der Waals surface area contributed by atoms with Crippen molar-refractivity contribution in [3.8, 4) is 11.5 Å². The van der Waals surface area contributed by atoms with E-state index in [-0.39, 0.29) is 11.8 Å². The first kappa shape index (κ1) is 17.0. The molecule has 1 amide bonds. The average Bonchev–Trinajstić information content (AvgIpc) is 3.14. The molecular formula is C18H23N3O2. The molecule has 1 atom stereocenters. The molecule has 2 aromatic rings. The van der Waals surface area contributed by atoms with Gasteiger partial charge in [-0.1, -0.05) is 13.8 Å². The maximum atomic E-state index is 12.0. The molecule has 1 aromatic carbocycles. The molecule has 23 heavy (non-hydrogen) atoms. The van der Waals surface area contributed by atoms with Crippen molar-refractivity contribution < 1.29 is 9.53 Å². The third-order valence-electron chi connectivity index (χ3n) is 3.42. The predicted molar refractivity (Wildman–Crippen MR) is 91.7 cm³/mol. The van der Waals surface area contributed by atoms with Crippen LogP contribution in [0.2, 0.25) is 0 Å². The summed E-state index contributed by atoms with van der Waals surface area (Å²) >= 11 is 0. The SMILES string of the molecule is CC.O=C(Nc1ccc(Oc2cccnc2)cc1)[C@@H]1CCNC1. The summed E-state index contributed by atoms with van der Waals surface area (Å²) in [4.78, 5) is 16.0. The molecule has 1 aliphatic rings. The number of benzene rings is 1. The number of carbonyl (C=O) groups is 1. The predicted octanol–water partition coefficient (Wildman–Crippen LogP) is 3.45. The van der Waals surface area contributed by atoms with Crippen LogP contribution in [0.5, 0.6) is 11.5 Å². The van der Waals surface area contributed by atoms with Crippen LogP contribution in [0.3, 0.4) is 0 Å². The van der Waals surface area contributed by atoms with Gasteiger partial charge in [0.2, 0.25) is 5.91 Å². The Balaban J connectivity index is 0.000000924. The summed E-state index contributed by atoms with van der Waals surface area (Å²) in [5, 5.41) is 6.12. The Morgan fingerprint density at radius 1 is 1.22 bits per heavy atom. The lowest BCUT2D eigenvalue weighted by Gasteiger charge is -2.10. The van der Waals surface area contributed by atoms with Gasteiger partial charge in [0.25, 0.3) is 0 Å². The first-order valence-electron chi connectivity index (χ1n) is 8.01. The second kappa shape index (κ2) is 8.90. The van der Waals surface area contributed by atoms with E-state index in [0.717, 1.165) is 25.2 Å². The van der Waals surface area contributed by atoms with E-state index in [4.69, 9.17) is 4.74 Å². The number of ether oxygens (including phenoxy) is 1. The molecule has 0 spiro atoms. The summed E-state index contributed by atoms with van der Waals surface area (Å²) in [6.45, 7) is 5.67. The fourth-order valence-corrected chi connectivity index (χ4v) is 2.27. The van der Waals surface area contributed by atoms with E-state index in [2.05, 4.69) is 15.6 Å². The fourth-order valence-electron chi connectivity index (χ4n) is 2.27. The molecule has 0 radical (unpaired) electrons. The first-order valence-corrected chi connectivity index (χ1v) is 8.01. The van der Waals surface area contributed by atoms with E-state index >= 15 is 0 Å². The lowest BCUT2D eigenvalue weighted by atomic mass is 10.1. The standard InChI is InChI=1S/C16H17N3O2.C2H6/c20-16(12-7-9-18-10-12)19-13-3-5-14(6-4-13)21-15-2-1-8-17-11-15;1-2/h1-6,8,11-12,18H,7,9-10H2,(H,19,20);1-2H3/t12-;/m1./s1. The van der Waals surface area contributed by atoms with Crippen molar-refractivity contribution in [1.82, 2.24) is 10.3 Å². The highest BCUT2D eigenvalue weighted by Crippen LogP contribution is 2.22. The molecule has 1 saturated heterocycles. The Kier molecular flexibility index (Phi) is 6.56. The molecule has 0 saturated carbocycles. The lowest BCUT2D eigenvalue weighted by Crippen LogP contribution is -2.24. The molecule has 1 aromatic heterocycles. The van der Waals surface area contributed by atoms with Gasteiger partial charge in [-0.3, -0.25) is 9.78 Å². The van der Waals surface area contributed by atoms with Crippen LogP contribution in [-0.2, 0) is 4.79 Å². The van der Waals surface area contributed by atoms with Crippen molar-refractivity contribution in [2.45, 2.75) is 20.3 Å². The summed E-state index contributed by atoms with van der Waals surface area (Å²) in [5.41, 5.74) is 0.783. The Hall–Kier alpha value is -2.40. The molecular weight excluding hydrogens is 290 g/mol. The van der Waals surface area contributed by atoms with Crippen molar-refractivity contribution in [2.24, 2.45) is 5.92 Å². The number of aromatic nitrogens is 1. The van der Waals surface area contributed by atoms with Gasteiger partial charge in [0.15, 0.2) is 0 Å². The molecule has 3 rings (SSSR count). The van der Waals surface area contributed by atoms with Crippen molar-refractivity contribution in [2.75, 3.05) is 18.4 Å². The minimum absolute atomic E-state index is 0.0660. The summed E-state index contributed by atoms with van der Waals surface area (Å²) < 4.78 is 5.65. The van der Waals surface area contributed by atoms with Gasteiger partial charge in [0.05, 0.1) is 12.1 Å². The van der Waals surface area contributed by atoms with Gasteiger partial charge in [-0.15, -0.1) is 0 Å². The van der Waals surface area contributed by atoms with Crippen LogP contribution in [-0.4, -0.2) is 24.0 Å². The number of hydrogen-bond donors (Lipinski definition) is 2. The van der Waals surface area contributed by atoms with Gasteiger partial charge in [0.1, 0.15) is 11.5 Å². The molecule has 0 unspecified atom stereocenters. The fraction of sp³-hybridized carbons (Fsp3) is 0.333. The normalized spacial score (nSPS) is 16.2. The lowest BCUT2D eigenvalue weighted by molar-refractivity contribution is -0.119. The van der Waals surface area contributed by atoms with Crippen LogP contribution in [0.15, 0.2) is 48.8 Å². The van der Waals surface area contributed by atoms with Crippen molar-refractivity contribution in [1.29, 1.82) is 0 Å². The summed E-state index contributed by atoms with van der Waals surface area (Å²) in [6.07, 6.45) is 4.25. The van der Waals surface area contributed by atoms with Crippen molar-refractivity contribution in [3.63, 3.8) is 0 Å². The molecule has 2 N–H and O–H groups in total. The second-order valence-corrected chi connectivity index (χ2v) is 4.99. The number of hydrogen-bond acceptors (Lipinski definition) is 4. The highest BCUT2D eigenvalue weighted by molar-refractivity contribution is 5.92. The van der Waals surface area contributed by atoms with Gasteiger partial charge >= 0.3 is 0 Å². The maximum absolute atomic E-state index is 12.0. The number of anilines is 1. The third kappa shape index (κ3) is 5.07. The maximum Gasteiger partial charge on any atom is 0.228 e. The van der Waals surface area contributed by atoms with Crippen LogP contribution in [0.4, 0.5) is 5.69 Å². The van der Waals surface area contributed by atoms with Crippen LogP contribution < -0.4 is 15.4 Å². The Bertz CT molecular complexity index is 593. The largest absolute Gasteiger partial charge is 0.456 e. The molecule has 0 aliphatic carbocycles. The zero-order valence-electron chi connectivity index (χ0n) is 13.6. The first-order chi connectivity index (χ1) is 11.3. The average molecular weight is 313 g/mol. The van der Waals surface area contributed by atoms with Crippen LogP contribution >= 0.6 is 0 Å². The molecule has 1 aliphatic heterocycles. The minimum atomic E-state index is 0.0660. The number of carbonyl (C=O) groups excluding carboxylic acids is 1. The molecule has 2 heterocycles. The summed E-state index contributed by atoms with van der Waals surface area (Å²) in [6, 6.07) is 11.0. The van der Waals surface area contributed by atoms with E-state index in [1.807, 2.05) is 50.2 Å². The second-order valence-electron chi connectivity index (χ2n) is 4.99. The Morgan fingerprint density at radius 3 is 2.61 bits per heavy atom. The smallest absolute Gasteiger partial charge is 0.228 e. The van der Waals surface area contributed by atoms with E-state index in [0.29, 0.717) is 11.5 Å². The molecule has 122 valence electrons. The number of pyridine rings is 1. The highest BCUT2D eigenvalue weighted by Gasteiger charge is 2.22. The van der Waals surface area contributed by atoms with Crippen molar-refractivity contribution in [3.05, 3.63) is 48.8 Å². The van der Waals surface area contributed by atoms with Gasteiger partial charge in [-0.05, 0) is 49.4 Å². The zero-order valence-corrected chi connectivity index (χ0v) is 13.6. The molecule has 5 heteroatoms. The third-order valence-corrected chi connectivity index (χ3v) is 3.42. The van der Waals surface area contributed by atoms with Crippen LogP contribution in [0.1, 0.15) is 20.3 Å². The molecule has 0 bridgehead atoms. The van der Waals surface area contributed by atoms with Gasteiger partial charge in [0, 0.05) is 18.4 Å². The number of rotatable bonds is 4. The molecule has 1 fully saturated rings. The summed E-state index contributed by atoms with van der Waals surface area (Å²) in [5.74, 6) is 1.53. The minimum Gasteiger partial charge on any atom is -0.456 e. The van der Waals surface area contributed by atoms with Gasteiger partial charge in [-0.2, -0.15) is 0 Å². The zero-order chi connectivity index (χ0) is 16.5. The Morgan fingerprint density at radius 2 is 2.00 bits per heavy atom. The Labute approximate surface area is 137 Å². The number of amides is 1. The van der Waals surface area contributed by atoms with E-state index in [9.17, 15) is 4.79 Å². The van der Waals surface area contributed by atoms with Gasteiger partial charge in [-0.25, -0.2) is 0 Å².